The van der Waals surface area contributed by atoms with Gasteiger partial charge < -0.3 is 14.6 Å². The molecule has 0 fully saturated rings. The Hall–Kier alpha value is -1.35. The molecular formula is C11H14O3. The highest BCUT2D eigenvalue weighted by Gasteiger charge is 2.07. The lowest BCUT2D eigenvalue weighted by atomic mass is 10.0. The topological polar surface area (TPSA) is 46.5 Å². The Morgan fingerprint density at radius 2 is 2.29 bits per heavy atom. The number of hydrogen-bond donors (Lipinski definition) is 1. The van der Waals surface area contributed by atoms with Crippen LogP contribution in [0.4, 0.5) is 0 Å². The lowest BCUT2D eigenvalue weighted by Crippen LogP contribution is -1.98. The summed E-state index contributed by atoms with van der Waals surface area (Å²) in [4.78, 5) is 10.6. The van der Waals surface area contributed by atoms with E-state index in [-0.39, 0.29) is 12.5 Å². The Balaban J connectivity index is 3.06. The van der Waals surface area contributed by atoms with Gasteiger partial charge in [-0.3, -0.25) is 0 Å². The molecule has 0 aliphatic heterocycles. The van der Waals surface area contributed by atoms with Crippen molar-refractivity contribution in [2.75, 3.05) is 7.11 Å². The molecule has 14 heavy (non-hydrogen) atoms. The molecule has 0 aliphatic carbocycles. The first-order chi connectivity index (χ1) is 6.72. The largest absolute Gasteiger partial charge is 0.496 e. The number of aliphatic hydroxyl groups is 1. The van der Waals surface area contributed by atoms with Crippen LogP contribution in [0.3, 0.4) is 0 Å². The fourth-order valence-electron chi connectivity index (χ4n) is 1.25. The highest BCUT2D eigenvalue weighted by atomic mass is 16.5. The fourth-order valence-corrected chi connectivity index (χ4v) is 1.25. The number of aldehydes is 1. The minimum Gasteiger partial charge on any atom is -0.496 e. The highest BCUT2D eigenvalue weighted by Crippen LogP contribution is 2.23. The lowest BCUT2D eigenvalue weighted by molar-refractivity contribution is -0.108. The minimum atomic E-state index is -0.142. The van der Waals surface area contributed by atoms with Crippen molar-refractivity contribution in [2.24, 2.45) is 0 Å². The van der Waals surface area contributed by atoms with E-state index in [1.807, 2.05) is 13.0 Å². The Labute approximate surface area is 83.3 Å². The lowest BCUT2D eigenvalue weighted by Gasteiger charge is -2.10. The van der Waals surface area contributed by atoms with Crippen molar-refractivity contribution >= 4 is 6.29 Å². The maximum atomic E-state index is 10.6. The zero-order chi connectivity index (χ0) is 10.6. The summed E-state index contributed by atoms with van der Waals surface area (Å²) in [6, 6.07) is 5.38. The number of benzene rings is 1. The van der Waals surface area contributed by atoms with Crippen LogP contribution in [0.5, 0.6) is 5.75 Å². The number of methoxy groups -OCH3 is 1. The van der Waals surface area contributed by atoms with E-state index in [9.17, 15) is 4.79 Å². The summed E-state index contributed by atoms with van der Waals surface area (Å²) in [5.74, 6) is 0.482. The maximum Gasteiger partial charge on any atom is 0.127 e. The average molecular weight is 194 g/mol. The van der Waals surface area contributed by atoms with Gasteiger partial charge in [0.1, 0.15) is 12.0 Å². The van der Waals surface area contributed by atoms with Gasteiger partial charge in [-0.05, 0) is 11.6 Å². The van der Waals surface area contributed by atoms with Crippen LogP contribution in [0.1, 0.15) is 24.0 Å². The van der Waals surface area contributed by atoms with Crippen LogP contribution in [0.2, 0.25) is 0 Å². The van der Waals surface area contributed by atoms with E-state index < -0.39 is 0 Å². The SMILES string of the molecule is COc1cc(C(C)C=O)ccc1CO. The Kier molecular flexibility index (Phi) is 3.65. The Morgan fingerprint density at radius 3 is 2.79 bits per heavy atom. The molecule has 76 valence electrons. The molecule has 1 aromatic carbocycles. The van der Waals surface area contributed by atoms with Gasteiger partial charge in [-0.15, -0.1) is 0 Å². The van der Waals surface area contributed by atoms with Gasteiger partial charge in [0, 0.05) is 11.5 Å². The maximum absolute atomic E-state index is 10.6. The monoisotopic (exact) mass is 194 g/mol. The van der Waals surface area contributed by atoms with Crippen molar-refractivity contribution in [3.05, 3.63) is 29.3 Å². The molecule has 3 nitrogen and oxygen atoms in total. The van der Waals surface area contributed by atoms with Crippen molar-refractivity contribution in [3.8, 4) is 5.75 Å². The van der Waals surface area contributed by atoms with E-state index in [2.05, 4.69) is 0 Å². The predicted molar refractivity (Wildman–Crippen MR) is 53.4 cm³/mol. The van der Waals surface area contributed by atoms with Crippen molar-refractivity contribution in [1.29, 1.82) is 0 Å². The first-order valence-electron chi connectivity index (χ1n) is 4.46. The molecule has 1 atom stereocenters. The van der Waals surface area contributed by atoms with Gasteiger partial charge in [0.05, 0.1) is 13.7 Å². The van der Waals surface area contributed by atoms with E-state index in [0.717, 1.165) is 17.4 Å². The van der Waals surface area contributed by atoms with Gasteiger partial charge in [0.25, 0.3) is 0 Å². The fraction of sp³-hybridized carbons (Fsp3) is 0.364. The highest BCUT2D eigenvalue weighted by molar-refractivity contribution is 5.62. The van der Waals surface area contributed by atoms with Crippen molar-refractivity contribution < 1.29 is 14.6 Å². The molecule has 0 saturated carbocycles. The first kappa shape index (κ1) is 10.7. The quantitative estimate of drug-likeness (QED) is 0.739. The zero-order valence-corrected chi connectivity index (χ0v) is 8.36. The molecular weight excluding hydrogens is 180 g/mol. The van der Waals surface area contributed by atoms with E-state index in [4.69, 9.17) is 9.84 Å². The number of ether oxygens (including phenoxy) is 1. The third-order valence-electron chi connectivity index (χ3n) is 2.21. The minimum absolute atomic E-state index is 0.0566. The molecule has 3 heteroatoms. The number of carbonyl (C=O) groups is 1. The van der Waals surface area contributed by atoms with E-state index >= 15 is 0 Å². The molecule has 0 aliphatic rings. The van der Waals surface area contributed by atoms with Crippen LogP contribution in [0.25, 0.3) is 0 Å². The van der Waals surface area contributed by atoms with Crippen LogP contribution in [0, 0.1) is 0 Å². The van der Waals surface area contributed by atoms with E-state index in [1.54, 1.807) is 19.2 Å². The second-order valence-electron chi connectivity index (χ2n) is 3.15. The van der Waals surface area contributed by atoms with Crippen molar-refractivity contribution in [2.45, 2.75) is 19.4 Å². The Bertz CT molecular complexity index is 320. The molecule has 0 heterocycles. The van der Waals surface area contributed by atoms with Gasteiger partial charge in [-0.25, -0.2) is 0 Å². The predicted octanol–water partition coefficient (Wildman–Crippen LogP) is 1.49. The summed E-state index contributed by atoms with van der Waals surface area (Å²) in [5.41, 5.74) is 1.63. The van der Waals surface area contributed by atoms with Gasteiger partial charge in [0.2, 0.25) is 0 Å². The number of aliphatic hydroxyl groups excluding tert-OH is 1. The third kappa shape index (κ3) is 2.12. The number of carbonyl (C=O) groups excluding carboxylic acids is 1. The summed E-state index contributed by atoms with van der Waals surface area (Å²) in [6.45, 7) is 1.76. The van der Waals surface area contributed by atoms with Gasteiger partial charge >= 0.3 is 0 Å². The Morgan fingerprint density at radius 1 is 1.57 bits per heavy atom. The molecule has 0 spiro atoms. The summed E-state index contributed by atoms with van der Waals surface area (Å²) in [6.07, 6.45) is 0.882. The normalized spacial score (nSPS) is 12.2. The van der Waals surface area contributed by atoms with Gasteiger partial charge in [-0.2, -0.15) is 0 Å². The summed E-state index contributed by atoms with van der Waals surface area (Å²) in [7, 11) is 1.55. The van der Waals surface area contributed by atoms with E-state index in [0.29, 0.717) is 5.75 Å². The molecule has 1 unspecified atom stereocenters. The number of rotatable bonds is 4. The second kappa shape index (κ2) is 4.77. The smallest absolute Gasteiger partial charge is 0.127 e. The summed E-state index contributed by atoms with van der Waals surface area (Å²) >= 11 is 0. The summed E-state index contributed by atoms with van der Waals surface area (Å²) < 4.78 is 5.10. The molecule has 0 saturated heterocycles. The van der Waals surface area contributed by atoms with Crippen LogP contribution >= 0.6 is 0 Å². The molecule has 1 rings (SSSR count). The molecule has 0 bridgehead atoms. The third-order valence-corrected chi connectivity index (χ3v) is 2.21. The molecule has 1 N–H and O–H groups in total. The summed E-state index contributed by atoms with van der Waals surface area (Å²) in [5, 5.41) is 8.99. The molecule has 0 radical (unpaired) electrons. The molecule has 1 aromatic rings. The number of hydrogen-bond acceptors (Lipinski definition) is 3. The van der Waals surface area contributed by atoms with Crippen molar-refractivity contribution in [3.63, 3.8) is 0 Å². The second-order valence-corrected chi connectivity index (χ2v) is 3.15. The van der Waals surface area contributed by atoms with Crippen LogP contribution < -0.4 is 4.74 Å². The van der Waals surface area contributed by atoms with Gasteiger partial charge in [0.15, 0.2) is 0 Å². The molecule has 0 aromatic heterocycles. The van der Waals surface area contributed by atoms with Crippen LogP contribution in [0.15, 0.2) is 18.2 Å². The van der Waals surface area contributed by atoms with Crippen LogP contribution in [-0.2, 0) is 11.4 Å². The van der Waals surface area contributed by atoms with Crippen molar-refractivity contribution in [1.82, 2.24) is 0 Å². The first-order valence-corrected chi connectivity index (χ1v) is 4.46. The van der Waals surface area contributed by atoms with E-state index in [1.165, 1.54) is 0 Å². The standard InChI is InChI=1S/C11H14O3/c1-8(6-12)9-3-4-10(7-13)11(5-9)14-2/h3-6,8,13H,7H2,1-2H3. The zero-order valence-electron chi connectivity index (χ0n) is 8.36. The van der Waals surface area contributed by atoms with Crippen LogP contribution in [-0.4, -0.2) is 18.5 Å². The average Bonchev–Trinajstić information content (AvgIpc) is 2.26. The molecule has 0 amide bonds. The van der Waals surface area contributed by atoms with Gasteiger partial charge in [-0.1, -0.05) is 19.1 Å².